The fraction of sp³-hybridized carbons (Fsp3) is 0.308. The van der Waals surface area contributed by atoms with Crippen LogP contribution in [0.25, 0.3) is 22.2 Å². The van der Waals surface area contributed by atoms with Gasteiger partial charge in [0.05, 0.1) is 12.2 Å². The lowest BCUT2D eigenvalue weighted by Crippen LogP contribution is -2.48. The molecule has 1 amide bonds. The number of rotatable bonds is 6. The highest BCUT2D eigenvalue weighted by molar-refractivity contribution is 5.91. The summed E-state index contributed by atoms with van der Waals surface area (Å²) in [6.45, 7) is 5.62. The van der Waals surface area contributed by atoms with Gasteiger partial charge in [-0.05, 0) is 42.7 Å². The Morgan fingerprint density at radius 2 is 1.88 bits per heavy atom. The molecule has 2 aromatic heterocycles. The van der Waals surface area contributed by atoms with E-state index in [4.69, 9.17) is 4.52 Å². The number of nitrogens with one attached hydrogen (secondary N) is 1. The molecule has 5 rings (SSSR count). The number of nitrogens with zero attached hydrogens (tertiary/aromatic N) is 3. The highest BCUT2D eigenvalue weighted by Crippen LogP contribution is 2.32. The Morgan fingerprint density at radius 3 is 2.61 bits per heavy atom. The molecule has 2 aromatic carbocycles. The number of benzene rings is 2. The number of aromatic amines is 1. The van der Waals surface area contributed by atoms with Crippen LogP contribution in [0.5, 0.6) is 0 Å². The van der Waals surface area contributed by atoms with E-state index in [0.29, 0.717) is 32.5 Å². The number of amides is 1. The molecule has 3 heterocycles. The summed E-state index contributed by atoms with van der Waals surface area (Å²) in [5, 5.41) is 4.78. The lowest BCUT2D eigenvalue weighted by atomic mass is 10.0. The Kier molecular flexibility index (Phi) is 5.96. The first-order valence-electron chi connectivity index (χ1n) is 11.3. The normalized spacial score (nSPS) is 14.8. The van der Waals surface area contributed by atoms with Crippen molar-refractivity contribution in [2.45, 2.75) is 26.3 Å². The van der Waals surface area contributed by atoms with Crippen LogP contribution in [0.15, 0.2) is 59.1 Å². The number of piperazine rings is 1. The van der Waals surface area contributed by atoms with Gasteiger partial charge in [0, 0.05) is 55.3 Å². The van der Waals surface area contributed by atoms with E-state index < -0.39 is 0 Å². The minimum atomic E-state index is -0.272. The molecule has 0 saturated carbocycles. The summed E-state index contributed by atoms with van der Waals surface area (Å²) >= 11 is 0. The largest absolute Gasteiger partial charge is 0.360 e. The van der Waals surface area contributed by atoms with Gasteiger partial charge in [-0.25, -0.2) is 4.39 Å². The summed E-state index contributed by atoms with van der Waals surface area (Å²) in [7, 11) is 0. The van der Waals surface area contributed by atoms with Crippen LogP contribution in [0, 0.1) is 12.7 Å². The van der Waals surface area contributed by atoms with E-state index in [0.717, 1.165) is 52.3 Å². The Bertz CT molecular complexity index is 1260. The fourth-order valence-corrected chi connectivity index (χ4v) is 4.59. The molecule has 0 radical (unpaired) electrons. The van der Waals surface area contributed by atoms with Gasteiger partial charge in [-0.3, -0.25) is 9.69 Å². The summed E-state index contributed by atoms with van der Waals surface area (Å²) in [5.74, 6) is 0.717. The second-order valence-corrected chi connectivity index (χ2v) is 8.63. The average Bonchev–Trinajstić information content (AvgIpc) is 3.41. The van der Waals surface area contributed by atoms with Crippen molar-refractivity contribution < 1.29 is 13.7 Å². The Hall–Kier alpha value is -3.45. The number of halogens is 1. The first-order valence-corrected chi connectivity index (χ1v) is 11.3. The maximum atomic E-state index is 14.0. The van der Waals surface area contributed by atoms with Crippen molar-refractivity contribution in [2.75, 3.05) is 26.2 Å². The number of H-pyrrole nitrogens is 1. The van der Waals surface area contributed by atoms with Crippen LogP contribution >= 0.6 is 0 Å². The summed E-state index contributed by atoms with van der Waals surface area (Å²) in [5.41, 5.74) is 4.74. The van der Waals surface area contributed by atoms with Gasteiger partial charge in [0.25, 0.3) is 0 Å². The lowest BCUT2D eigenvalue weighted by Gasteiger charge is -2.34. The predicted molar refractivity (Wildman–Crippen MR) is 125 cm³/mol. The molecular weight excluding hydrogens is 419 g/mol. The molecule has 1 saturated heterocycles. The van der Waals surface area contributed by atoms with Crippen LogP contribution in [-0.4, -0.2) is 52.0 Å². The van der Waals surface area contributed by atoms with Crippen LogP contribution < -0.4 is 0 Å². The Morgan fingerprint density at radius 1 is 1.09 bits per heavy atom. The number of carbonyl (C=O) groups excluding carboxylic acids is 1. The highest BCUT2D eigenvalue weighted by atomic mass is 19.1. The monoisotopic (exact) mass is 446 g/mol. The highest BCUT2D eigenvalue weighted by Gasteiger charge is 2.23. The number of fused-ring (bicyclic) bond motifs is 1. The molecule has 33 heavy (non-hydrogen) atoms. The van der Waals surface area contributed by atoms with Gasteiger partial charge in [-0.2, -0.15) is 0 Å². The van der Waals surface area contributed by atoms with Gasteiger partial charge in [-0.1, -0.05) is 35.5 Å². The first kappa shape index (κ1) is 21.4. The van der Waals surface area contributed by atoms with Crippen molar-refractivity contribution in [3.8, 4) is 11.3 Å². The van der Waals surface area contributed by atoms with Crippen molar-refractivity contribution in [1.29, 1.82) is 0 Å². The van der Waals surface area contributed by atoms with Gasteiger partial charge in [0.15, 0.2) is 5.76 Å². The Labute approximate surface area is 192 Å². The van der Waals surface area contributed by atoms with Crippen molar-refractivity contribution in [1.82, 2.24) is 19.9 Å². The lowest BCUT2D eigenvalue weighted by molar-refractivity contribution is -0.133. The Balaban J connectivity index is 1.26. The van der Waals surface area contributed by atoms with Gasteiger partial charge >= 0.3 is 0 Å². The number of hydrogen-bond donors (Lipinski definition) is 1. The molecule has 6 nitrogen and oxygen atoms in total. The van der Waals surface area contributed by atoms with E-state index in [1.165, 1.54) is 6.07 Å². The second-order valence-electron chi connectivity index (χ2n) is 8.63. The standard InChI is InChI=1S/C26H27FN4O2/c1-18-15-21(33-29-18)17-30-11-13-31(14-12-30)25(32)10-8-22-23-16-20(27)7-9-24(23)28-26(22)19-5-3-2-4-6-19/h2-7,9,15-16,28H,8,10-14,17H2,1H3. The predicted octanol–water partition coefficient (Wildman–Crippen LogP) is 4.55. The van der Waals surface area contributed by atoms with E-state index in [1.807, 2.05) is 48.2 Å². The van der Waals surface area contributed by atoms with Crippen LogP contribution in [0.1, 0.15) is 23.4 Å². The van der Waals surface area contributed by atoms with Crippen molar-refractivity contribution in [3.05, 3.63) is 77.4 Å². The van der Waals surface area contributed by atoms with Crippen molar-refractivity contribution in [2.24, 2.45) is 0 Å². The molecule has 1 fully saturated rings. The maximum Gasteiger partial charge on any atom is 0.222 e. The molecule has 1 N–H and O–H groups in total. The minimum Gasteiger partial charge on any atom is -0.360 e. The third-order valence-corrected chi connectivity index (χ3v) is 6.30. The van der Waals surface area contributed by atoms with Gasteiger partial charge in [-0.15, -0.1) is 0 Å². The summed E-state index contributed by atoms with van der Waals surface area (Å²) in [4.78, 5) is 20.6. The van der Waals surface area contributed by atoms with E-state index in [-0.39, 0.29) is 11.7 Å². The van der Waals surface area contributed by atoms with E-state index >= 15 is 0 Å². The third-order valence-electron chi connectivity index (χ3n) is 6.30. The molecule has 1 aliphatic heterocycles. The molecule has 0 atom stereocenters. The quantitative estimate of drug-likeness (QED) is 0.472. The number of aromatic nitrogens is 2. The fourth-order valence-electron chi connectivity index (χ4n) is 4.59. The van der Waals surface area contributed by atoms with Crippen molar-refractivity contribution in [3.63, 3.8) is 0 Å². The minimum absolute atomic E-state index is 0.134. The van der Waals surface area contributed by atoms with E-state index in [2.05, 4.69) is 15.0 Å². The van der Waals surface area contributed by atoms with Gasteiger partial charge < -0.3 is 14.4 Å². The number of hydrogen-bond acceptors (Lipinski definition) is 4. The van der Waals surface area contributed by atoms with Crippen molar-refractivity contribution >= 4 is 16.8 Å². The molecule has 0 bridgehead atoms. The third kappa shape index (κ3) is 4.68. The van der Waals surface area contributed by atoms with Gasteiger partial charge in [0.2, 0.25) is 5.91 Å². The van der Waals surface area contributed by atoms with Crippen LogP contribution in [0.2, 0.25) is 0 Å². The topological polar surface area (TPSA) is 65.4 Å². The summed E-state index contributed by atoms with van der Waals surface area (Å²) in [6.07, 6.45) is 0.953. The first-order chi connectivity index (χ1) is 16.1. The zero-order valence-corrected chi connectivity index (χ0v) is 18.7. The molecule has 7 heteroatoms. The van der Waals surface area contributed by atoms with Gasteiger partial charge in [0.1, 0.15) is 5.82 Å². The molecule has 0 spiro atoms. The van der Waals surface area contributed by atoms with E-state index in [1.54, 1.807) is 12.1 Å². The SMILES string of the molecule is Cc1cc(CN2CCN(C(=O)CCc3c(-c4ccccc4)[nH]c4ccc(F)cc34)CC2)on1. The van der Waals surface area contributed by atoms with Crippen LogP contribution in [0.3, 0.4) is 0 Å². The molecule has 4 aromatic rings. The van der Waals surface area contributed by atoms with Crippen LogP contribution in [0.4, 0.5) is 4.39 Å². The zero-order chi connectivity index (χ0) is 22.8. The molecular formula is C26H27FN4O2. The van der Waals surface area contributed by atoms with Crippen LogP contribution in [-0.2, 0) is 17.8 Å². The number of carbonyl (C=O) groups is 1. The molecule has 170 valence electrons. The number of aryl methyl sites for hydroxylation is 2. The molecule has 1 aliphatic rings. The smallest absolute Gasteiger partial charge is 0.222 e. The molecule has 0 aliphatic carbocycles. The summed E-state index contributed by atoms with van der Waals surface area (Å²) in [6, 6.07) is 16.7. The average molecular weight is 447 g/mol. The zero-order valence-electron chi connectivity index (χ0n) is 18.7. The second kappa shape index (κ2) is 9.19. The molecule has 0 unspecified atom stereocenters. The van der Waals surface area contributed by atoms with E-state index in [9.17, 15) is 9.18 Å². The maximum absolute atomic E-state index is 14.0. The summed E-state index contributed by atoms with van der Waals surface area (Å²) < 4.78 is 19.3.